The van der Waals surface area contributed by atoms with E-state index in [1.807, 2.05) is 6.92 Å². The Morgan fingerprint density at radius 2 is 2.12 bits per heavy atom. The number of benzene rings is 1. The van der Waals surface area contributed by atoms with Crippen molar-refractivity contribution in [3.05, 3.63) is 35.4 Å². The Morgan fingerprint density at radius 3 is 2.81 bits per heavy atom. The zero-order valence-corrected chi connectivity index (χ0v) is 9.13. The molecule has 0 aliphatic carbocycles. The normalized spacial score (nSPS) is 10.4. The molecule has 0 spiro atoms. The molecule has 1 aromatic carbocycles. The fourth-order valence-corrected chi connectivity index (χ4v) is 1.32. The molecule has 0 aliphatic rings. The van der Waals surface area contributed by atoms with Gasteiger partial charge in [-0.1, -0.05) is 0 Å². The second-order valence-electron chi connectivity index (χ2n) is 3.35. The lowest BCUT2D eigenvalue weighted by Crippen LogP contribution is -2.05. The van der Waals surface area contributed by atoms with Crippen molar-refractivity contribution in [3.8, 4) is 0 Å². The number of ketones is 1. The summed E-state index contributed by atoms with van der Waals surface area (Å²) in [5.41, 5.74) is -0.184. The van der Waals surface area contributed by atoms with Gasteiger partial charge in [-0.2, -0.15) is 0 Å². The highest BCUT2D eigenvalue weighted by Gasteiger charge is 2.12. The van der Waals surface area contributed by atoms with Gasteiger partial charge in [0.1, 0.15) is 11.6 Å². The Balaban J connectivity index is 2.55. The van der Waals surface area contributed by atoms with Crippen LogP contribution in [0.3, 0.4) is 0 Å². The number of ether oxygens (including phenoxy) is 1. The van der Waals surface area contributed by atoms with Crippen molar-refractivity contribution in [1.29, 1.82) is 0 Å². The van der Waals surface area contributed by atoms with E-state index in [1.54, 1.807) is 0 Å². The number of Topliss-reactive ketones (excluding diaryl/α,β-unsaturated/α-hetero) is 1. The molecule has 16 heavy (non-hydrogen) atoms. The molecule has 0 amide bonds. The molecule has 0 heterocycles. The van der Waals surface area contributed by atoms with E-state index in [2.05, 4.69) is 0 Å². The number of carbonyl (C=O) groups excluding carboxylic acids is 1. The van der Waals surface area contributed by atoms with Crippen molar-refractivity contribution in [2.45, 2.75) is 19.8 Å². The minimum atomic E-state index is -0.678. The molecule has 0 aliphatic heterocycles. The fraction of sp³-hybridized carbons (Fsp3) is 0.417. The summed E-state index contributed by atoms with van der Waals surface area (Å²) in [6.45, 7) is 2.90. The third-order valence-corrected chi connectivity index (χ3v) is 2.13. The monoisotopic (exact) mass is 228 g/mol. The highest BCUT2D eigenvalue weighted by molar-refractivity contribution is 5.96. The van der Waals surface area contributed by atoms with E-state index in [9.17, 15) is 13.6 Å². The Kier molecular flexibility index (Phi) is 5.05. The van der Waals surface area contributed by atoms with Gasteiger partial charge in [0.05, 0.1) is 5.56 Å². The summed E-state index contributed by atoms with van der Waals surface area (Å²) in [5.74, 6) is -1.67. The zero-order chi connectivity index (χ0) is 12.0. The van der Waals surface area contributed by atoms with Crippen LogP contribution in [0.15, 0.2) is 18.2 Å². The van der Waals surface area contributed by atoms with Gasteiger partial charge in [-0.05, 0) is 31.5 Å². The predicted octanol–water partition coefficient (Wildman–Crippen LogP) is 2.96. The molecule has 2 nitrogen and oxygen atoms in total. The van der Waals surface area contributed by atoms with Crippen LogP contribution in [0.5, 0.6) is 0 Å². The van der Waals surface area contributed by atoms with Crippen molar-refractivity contribution in [2.75, 3.05) is 13.2 Å². The van der Waals surface area contributed by atoms with Gasteiger partial charge < -0.3 is 4.74 Å². The van der Waals surface area contributed by atoms with E-state index in [0.29, 0.717) is 19.6 Å². The molecular formula is C12H14F2O2. The Morgan fingerprint density at radius 1 is 1.38 bits per heavy atom. The summed E-state index contributed by atoms with van der Waals surface area (Å²) >= 11 is 0. The molecule has 0 N–H and O–H groups in total. The largest absolute Gasteiger partial charge is 0.382 e. The molecule has 0 aromatic heterocycles. The van der Waals surface area contributed by atoms with E-state index < -0.39 is 17.4 Å². The van der Waals surface area contributed by atoms with Gasteiger partial charge in [-0.25, -0.2) is 8.78 Å². The summed E-state index contributed by atoms with van der Waals surface area (Å²) < 4.78 is 31.0. The molecule has 88 valence electrons. The van der Waals surface area contributed by atoms with Crippen LogP contribution in [0.1, 0.15) is 30.1 Å². The molecule has 0 unspecified atom stereocenters. The van der Waals surface area contributed by atoms with Crippen LogP contribution < -0.4 is 0 Å². The lowest BCUT2D eigenvalue weighted by atomic mass is 10.1. The Labute approximate surface area is 93.2 Å². The van der Waals surface area contributed by atoms with Gasteiger partial charge >= 0.3 is 0 Å². The standard InChI is InChI=1S/C12H14F2O2/c1-2-16-7-3-4-12(15)10-8-9(13)5-6-11(10)14/h5-6,8H,2-4,7H2,1H3. The van der Waals surface area contributed by atoms with Gasteiger partial charge in [0.2, 0.25) is 0 Å². The number of carbonyl (C=O) groups is 1. The van der Waals surface area contributed by atoms with E-state index in [1.165, 1.54) is 0 Å². The van der Waals surface area contributed by atoms with Crippen LogP contribution in [0.2, 0.25) is 0 Å². The smallest absolute Gasteiger partial charge is 0.166 e. The average Bonchev–Trinajstić information content (AvgIpc) is 2.27. The number of hydrogen-bond acceptors (Lipinski definition) is 2. The first-order valence-corrected chi connectivity index (χ1v) is 5.21. The molecular weight excluding hydrogens is 214 g/mol. The first-order valence-electron chi connectivity index (χ1n) is 5.21. The first kappa shape index (κ1) is 12.8. The maximum atomic E-state index is 13.2. The van der Waals surface area contributed by atoms with Crippen LogP contribution in [-0.2, 0) is 4.74 Å². The molecule has 0 saturated carbocycles. The molecule has 0 atom stereocenters. The van der Waals surface area contributed by atoms with Gasteiger partial charge in [0.15, 0.2) is 5.78 Å². The molecule has 4 heteroatoms. The van der Waals surface area contributed by atoms with Gasteiger partial charge in [0, 0.05) is 19.6 Å². The lowest BCUT2D eigenvalue weighted by molar-refractivity contribution is 0.0943. The summed E-state index contributed by atoms with van der Waals surface area (Å²) in [7, 11) is 0. The molecule has 0 saturated heterocycles. The molecule has 0 radical (unpaired) electrons. The van der Waals surface area contributed by atoms with Gasteiger partial charge in [-0.15, -0.1) is 0 Å². The number of rotatable bonds is 6. The van der Waals surface area contributed by atoms with Crippen LogP contribution in [-0.4, -0.2) is 19.0 Å². The number of hydrogen-bond donors (Lipinski definition) is 0. The summed E-state index contributed by atoms with van der Waals surface area (Å²) in [5, 5.41) is 0. The van der Waals surface area contributed by atoms with E-state index in [0.717, 1.165) is 18.2 Å². The second kappa shape index (κ2) is 6.33. The third-order valence-electron chi connectivity index (χ3n) is 2.13. The summed E-state index contributed by atoms with van der Waals surface area (Å²) in [4.78, 5) is 11.5. The lowest BCUT2D eigenvalue weighted by Gasteiger charge is -2.03. The van der Waals surface area contributed by atoms with Crippen LogP contribution >= 0.6 is 0 Å². The minimum Gasteiger partial charge on any atom is -0.382 e. The zero-order valence-electron chi connectivity index (χ0n) is 9.13. The highest BCUT2D eigenvalue weighted by atomic mass is 19.1. The van der Waals surface area contributed by atoms with E-state index in [4.69, 9.17) is 4.74 Å². The molecule has 1 rings (SSSR count). The predicted molar refractivity (Wildman–Crippen MR) is 56.4 cm³/mol. The summed E-state index contributed by atoms with van der Waals surface area (Å²) in [6.07, 6.45) is 0.684. The third kappa shape index (κ3) is 3.70. The van der Waals surface area contributed by atoms with Crippen molar-refractivity contribution in [2.24, 2.45) is 0 Å². The van der Waals surface area contributed by atoms with Crippen LogP contribution in [0, 0.1) is 11.6 Å². The maximum absolute atomic E-state index is 13.2. The number of halogens is 2. The quantitative estimate of drug-likeness (QED) is 0.552. The van der Waals surface area contributed by atoms with E-state index in [-0.39, 0.29) is 12.0 Å². The van der Waals surface area contributed by atoms with Crippen molar-refractivity contribution in [3.63, 3.8) is 0 Å². The Bertz CT molecular complexity index is 364. The molecule has 0 fully saturated rings. The first-order chi connectivity index (χ1) is 7.65. The van der Waals surface area contributed by atoms with Crippen molar-refractivity contribution < 1.29 is 18.3 Å². The minimum absolute atomic E-state index is 0.167. The van der Waals surface area contributed by atoms with E-state index >= 15 is 0 Å². The van der Waals surface area contributed by atoms with Crippen molar-refractivity contribution in [1.82, 2.24) is 0 Å². The molecule has 0 bridgehead atoms. The Hall–Kier alpha value is -1.29. The highest BCUT2D eigenvalue weighted by Crippen LogP contribution is 2.12. The summed E-state index contributed by atoms with van der Waals surface area (Å²) in [6, 6.07) is 2.88. The average molecular weight is 228 g/mol. The SMILES string of the molecule is CCOCCCC(=O)c1cc(F)ccc1F. The second-order valence-corrected chi connectivity index (χ2v) is 3.35. The van der Waals surface area contributed by atoms with Crippen molar-refractivity contribution >= 4 is 5.78 Å². The molecule has 1 aromatic rings. The van der Waals surface area contributed by atoms with Gasteiger partial charge in [0.25, 0.3) is 0 Å². The van der Waals surface area contributed by atoms with Gasteiger partial charge in [-0.3, -0.25) is 4.79 Å². The maximum Gasteiger partial charge on any atom is 0.166 e. The fourth-order valence-electron chi connectivity index (χ4n) is 1.32. The van der Waals surface area contributed by atoms with Crippen LogP contribution in [0.4, 0.5) is 8.78 Å². The topological polar surface area (TPSA) is 26.3 Å². The van der Waals surface area contributed by atoms with Crippen LogP contribution in [0.25, 0.3) is 0 Å².